The smallest absolute Gasteiger partial charge is 0.303 e. The average Bonchev–Trinajstić information content (AvgIpc) is 2.76. The molecule has 0 atom stereocenters. The summed E-state index contributed by atoms with van der Waals surface area (Å²) >= 11 is 0. The molecule has 0 aliphatic heterocycles. The van der Waals surface area contributed by atoms with Crippen molar-refractivity contribution in [1.29, 1.82) is 0 Å². The molecule has 0 spiro atoms. The number of carboxylic acids is 1. The largest absolute Gasteiger partial charge is 0.507 e. The molecule has 0 amide bonds. The zero-order valence-corrected chi connectivity index (χ0v) is 11.3. The van der Waals surface area contributed by atoms with Crippen LogP contribution in [0.15, 0.2) is 28.7 Å². The van der Waals surface area contributed by atoms with E-state index in [2.05, 4.69) is 4.98 Å². The molecule has 1 heterocycles. The second kappa shape index (κ2) is 6.23. The molecule has 0 unspecified atom stereocenters. The van der Waals surface area contributed by atoms with Gasteiger partial charge < -0.3 is 14.6 Å². The lowest BCUT2D eigenvalue weighted by Crippen LogP contribution is -1.95. The minimum atomic E-state index is -0.788. The van der Waals surface area contributed by atoms with Crippen molar-refractivity contribution in [3.8, 4) is 17.0 Å². The van der Waals surface area contributed by atoms with Crippen LogP contribution in [0.25, 0.3) is 11.3 Å². The van der Waals surface area contributed by atoms with Crippen LogP contribution in [0.5, 0.6) is 5.75 Å². The first-order valence-corrected chi connectivity index (χ1v) is 6.54. The van der Waals surface area contributed by atoms with E-state index in [1.165, 1.54) is 0 Å². The number of oxazole rings is 1. The Bertz CT molecular complexity index is 604. The molecule has 0 fully saturated rings. The van der Waals surface area contributed by atoms with Gasteiger partial charge in [0.2, 0.25) is 0 Å². The van der Waals surface area contributed by atoms with Gasteiger partial charge in [-0.2, -0.15) is 0 Å². The number of aromatic nitrogens is 1. The Balaban J connectivity index is 2.06. The number of nitrogens with zero attached hydrogens (tertiary/aromatic N) is 1. The number of benzene rings is 1. The molecule has 0 bridgehead atoms. The fourth-order valence-electron chi connectivity index (χ4n) is 2.03. The highest BCUT2D eigenvalue weighted by Crippen LogP contribution is 2.31. The van der Waals surface area contributed by atoms with E-state index in [-0.39, 0.29) is 12.2 Å². The molecule has 5 heteroatoms. The summed E-state index contributed by atoms with van der Waals surface area (Å²) in [5.74, 6) is 0.607. The van der Waals surface area contributed by atoms with Gasteiger partial charge in [0, 0.05) is 18.4 Å². The molecule has 0 saturated carbocycles. The summed E-state index contributed by atoms with van der Waals surface area (Å²) in [5.41, 5.74) is 1.28. The van der Waals surface area contributed by atoms with E-state index in [0.29, 0.717) is 42.2 Å². The van der Waals surface area contributed by atoms with Gasteiger partial charge in [-0.3, -0.25) is 4.79 Å². The van der Waals surface area contributed by atoms with Crippen LogP contribution in [-0.2, 0) is 11.2 Å². The van der Waals surface area contributed by atoms with Gasteiger partial charge in [0.1, 0.15) is 17.2 Å². The second-order valence-electron chi connectivity index (χ2n) is 4.63. The van der Waals surface area contributed by atoms with Crippen molar-refractivity contribution < 1.29 is 19.4 Å². The van der Waals surface area contributed by atoms with Crippen LogP contribution >= 0.6 is 0 Å². The van der Waals surface area contributed by atoms with Crippen LogP contribution in [-0.4, -0.2) is 21.2 Å². The van der Waals surface area contributed by atoms with E-state index in [9.17, 15) is 9.90 Å². The lowest BCUT2D eigenvalue weighted by molar-refractivity contribution is -0.137. The first-order valence-electron chi connectivity index (χ1n) is 6.54. The van der Waals surface area contributed by atoms with E-state index < -0.39 is 5.97 Å². The van der Waals surface area contributed by atoms with Crippen molar-refractivity contribution >= 4 is 5.97 Å². The summed E-state index contributed by atoms with van der Waals surface area (Å²) in [4.78, 5) is 14.8. The number of carboxylic acid groups (broad SMARTS) is 1. The lowest BCUT2D eigenvalue weighted by atomic mass is 10.1. The molecule has 0 saturated heterocycles. The van der Waals surface area contributed by atoms with Gasteiger partial charge in [0.15, 0.2) is 5.89 Å². The molecule has 2 rings (SSSR count). The van der Waals surface area contributed by atoms with Gasteiger partial charge in [-0.1, -0.05) is 12.1 Å². The molecule has 0 aliphatic rings. The van der Waals surface area contributed by atoms with Gasteiger partial charge in [-0.25, -0.2) is 4.98 Å². The van der Waals surface area contributed by atoms with Crippen LogP contribution < -0.4 is 0 Å². The van der Waals surface area contributed by atoms with Crippen molar-refractivity contribution in [3.63, 3.8) is 0 Å². The third-order valence-corrected chi connectivity index (χ3v) is 3.03. The highest BCUT2D eigenvalue weighted by Gasteiger charge is 2.14. The Morgan fingerprint density at radius 1 is 1.30 bits per heavy atom. The van der Waals surface area contributed by atoms with Gasteiger partial charge in [-0.15, -0.1) is 0 Å². The van der Waals surface area contributed by atoms with Gasteiger partial charge in [0.05, 0.1) is 0 Å². The van der Waals surface area contributed by atoms with Gasteiger partial charge in [-0.05, 0) is 31.9 Å². The predicted octanol–water partition coefficient (Wildman–Crippen LogP) is 3.15. The van der Waals surface area contributed by atoms with Crippen molar-refractivity contribution in [2.24, 2.45) is 0 Å². The number of rotatable bonds is 6. The zero-order chi connectivity index (χ0) is 14.5. The molecule has 106 valence electrons. The Labute approximate surface area is 116 Å². The summed E-state index contributed by atoms with van der Waals surface area (Å²) in [5, 5.41) is 18.4. The topological polar surface area (TPSA) is 83.6 Å². The molecule has 2 aromatic rings. The number of phenols is 1. The maximum atomic E-state index is 10.4. The molecular weight excluding hydrogens is 258 g/mol. The summed E-state index contributed by atoms with van der Waals surface area (Å²) in [6.07, 6.45) is 2.07. The molecule has 0 aliphatic carbocycles. The third-order valence-electron chi connectivity index (χ3n) is 3.03. The Hall–Kier alpha value is -2.30. The standard InChI is InChI=1S/C15H17NO4/c1-10-15(11-6-2-3-7-12(11)17)16-13(20-10)8-4-5-9-14(18)19/h2-3,6-7,17H,4-5,8-9H2,1H3,(H,18,19). The predicted molar refractivity (Wildman–Crippen MR) is 73.5 cm³/mol. The zero-order valence-electron chi connectivity index (χ0n) is 11.3. The Kier molecular flexibility index (Phi) is 4.40. The maximum Gasteiger partial charge on any atom is 0.303 e. The minimum Gasteiger partial charge on any atom is -0.507 e. The van der Waals surface area contributed by atoms with E-state index in [4.69, 9.17) is 9.52 Å². The minimum absolute atomic E-state index is 0.159. The molecular formula is C15H17NO4. The van der Waals surface area contributed by atoms with Crippen LogP contribution in [0.1, 0.15) is 30.9 Å². The number of unbranched alkanes of at least 4 members (excludes halogenated alkanes) is 1. The van der Waals surface area contributed by atoms with Gasteiger partial charge in [0.25, 0.3) is 0 Å². The van der Waals surface area contributed by atoms with E-state index in [0.717, 1.165) is 0 Å². The highest BCUT2D eigenvalue weighted by molar-refractivity contribution is 5.68. The summed E-state index contributed by atoms with van der Waals surface area (Å²) < 4.78 is 5.56. The van der Waals surface area contributed by atoms with Crippen molar-refractivity contribution in [2.45, 2.75) is 32.6 Å². The first kappa shape index (κ1) is 14.1. The second-order valence-corrected chi connectivity index (χ2v) is 4.63. The lowest BCUT2D eigenvalue weighted by Gasteiger charge is -2.00. The van der Waals surface area contributed by atoms with E-state index >= 15 is 0 Å². The number of phenolic OH excluding ortho intramolecular Hbond substituents is 1. The maximum absolute atomic E-state index is 10.4. The van der Waals surface area contributed by atoms with Crippen LogP contribution in [0.2, 0.25) is 0 Å². The van der Waals surface area contributed by atoms with Crippen LogP contribution in [0, 0.1) is 6.92 Å². The third kappa shape index (κ3) is 3.38. The van der Waals surface area contributed by atoms with E-state index in [1.807, 2.05) is 6.07 Å². The molecule has 1 aromatic carbocycles. The first-order chi connectivity index (χ1) is 9.58. The molecule has 2 N–H and O–H groups in total. The summed E-state index contributed by atoms with van der Waals surface area (Å²) in [6.45, 7) is 1.80. The van der Waals surface area contributed by atoms with Crippen LogP contribution in [0.3, 0.4) is 0 Å². The number of aliphatic carboxylic acids is 1. The monoisotopic (exact) mass is 275 g/mol. The summed E-state index contributed by atoms with van der Waals surface area (Å²) in [6, 6.07) is 6.97. The highest BCUT2D eigenvalue weighted by atomic mass is 16.4. The molecule has 20 heavy (non-hydrogen) atoms. The molecule has 0 radical (unpaired) electrons. The van der Waals surface area contributed by atoms with Gasteiger partial charge >= 0.3 is 5.97 Å². The van der Waals surface area contributed by atoms with Crippen molar-refractivity contribution in [2.75, 3.05) is 0 Å². The number of hydrogen-bond acceptors (Lipinski definition) is 4. The average molecular weight is 275 g/mol. The Morgan fingerprint density at radius 2 is 2.05 bits per heavy atom. The Morgan fingerprint density at radius 3 is 2.75 bits per heavy atom. The normalized spacial score (nSPS) is 10.7. The number of carbonyl (C=O) groups is 1. The number of aryl methyl sites for hydroxylation is 2. The molecule has 1 aromatic heterocycles. The molecule has 5 nitrogen and oxygen atoms in total. The fraction of sp³-hybridized carbons (Fsp3) is 0.333. The van der Waals surface area contributed by atoms with Crippen molar-refractivity contribution in [1.82, 2.24) is 4.98 Å². The SMILES string of the molecule is Cc1oc(CCCCC(=O)O)nc1-c1ccccc1O. The number of para-hydroxylation sites is 1. The summed E-state index contributed by atoms with van der Waals surface area (Å²) in [7, 11) is 0. The van der Waals surface area contributed by atoms with Crippen molar-refractivity contribution in [3.05, 3.63) is 35.9 Å². The van der Waals surface area contributed by atoms with E-state index in [1.54, 1.807) is 25.1 Å². The van der Waals surface area contributed by atoms with Crippen LogP contribution in [0.4, 0.5) is 0 Å². The number of hydrogen-bond donors (Lipinski definition) is 2. The fourth-order valence-corrected chi connectivity index (χ4v) is 2.03. The quantitative estimate of drug-likeness (QED) is 0.791. The number of aromatic hydroxyl groups is 1.